The Kier molecular flexibility index (Phi) is 3.39. The Morgan fingerprint density at radius 3 is 2.81 bits per heavy atom. The zero-order valence-electron chi connectivity index (χ0n) is 8.25. The summed E-state index contributed by atoms with van der Waals surface area (Å²) in [4.78, 5) is 11.4. The van der Waals surface area contributed by atoms with Crippen molar-refractivity contribution in [2.75, 3.05) is 17.2 Å². The third kappa shape index (κ3) is 2.99. The highest BCUT2D eigenvalue weighted by Gasteiger charge is 2.04. The van der Waals surface area contributed by atoms with Crippen molar-refractivity contribution < 1.29 is 4.79 Å². The number of carbonyl (C=O) groups excluding carboxylic acids is 1. The van der Waals surface area contributed by atoms with Gasteiger partial charge in [-0.3, -0.25) is 10.1 Å². The van der Waals surface area contributed by atoms with Crippen LogP contribution in [0.2, 0.25) is 0 Å². The van der Waals surface area contributed by atoms with Crippen LogP contribution in [0.5, 0.6) is 0 Å². The molecule has 0 aliphatic rings. The van der Waals surface area contributed by atoms with Gasteiger partial charge in [-0.05, 0) is 17.3 Å². The first-order valence-electron chi connectivity index (χ1n) is 4.58. The SMILES string of the molecule is O=C(CNc1ccccc1)Nc1nnns1. The van der Waals surface area contributed by atoms with Gasteiger partial charge in [-0.1, -0.05) is 27.8 Å². The summed E-state index contributed by atoms with van der Waals surface area (Å²) in [6.45, 7) is 0.184. The van der Waals surface area contributed by atoms with Gasteiger partial charge in [0.05, 0.1) is 6.54 Å². The summed E-state index contributed by atoms with van der Waals surface area (Å²) in [6.07, 6.45) is 0. The molecular formula is C9H9N5OS. The summed E-state index contributed by atoms with van der Waals surface area (Å²) >= 11 is 1.04. The normalized spacial score (nSPS) is 9.75. The number of amides is 1. The molecule has 1 aromatic carbocycles. The fraction of sp³-hybridized carbons (Fsp3) is 0.111. The molecule has 16 heavy (non-hydrogen) atoms. The standard InChI is InChI=1S/C9H9N5OS/c15-8(11-9-12-13-14-16-9)6-10-7-4-2-1-3-5-7/h1-5,10H,6H2,(H,11,12,14,15). The largest absolute Gasteiger partial charge is 0.376 e. The summed E-state index contributed by atoms with van der Waals surface area (Å²) < 4.78 is 3.54. The van der Waals surface area contributed by atoms with Gasteiger partial charge in [-0.25, -0.2) is 0 Å². The number of aromatic nitrogens is 3. The minimum absolute atomic E-state index is 0.178. The van der Waals surface area contributed by atoms with Gasteiger partial charge in [0.25, 0.3) is 0 Å². The Balaban J connectivity index is 1.80. The lowest BCUT2D eigenvalue weighted by atomic mass is 10.3. The number of nitrogens with zero attached hydrogens (tertiary/aromatic N) is 3. The molecule has 0 aliphatic carbocycles. The van der Waals surface area contributed by atoms with Gasteiger partial charge in [0, 0.05) is 17.2 Å². The molecule has 7 heteroatoms. The molecule has 82 valence electrons. The Morgan fingerprint density at radius 1 is 1.31 bits per heavy atom. The van der Waals surface area contributed by atoms with Gasteiger partial charge in [0.1, 0.15) is 0 Å². The van der Waals surface area contributed by atoms with Crippen LogP contribution in [0.25, 0.3) is 0 Å². The average molecular weight is 235 g/mol. The third-order valence-corrected chi connectivity index (χ3v) is 2.28. The van der Waals surface area contributed by atoms with Crippen molar-refractivity contribution in [3.05, 3.63) is 30.3 Å². The lowest BCUT2D eigenvalue weighted by Gasteiger charge is -2.04. The summed E-state index contributed by atoms with van der Waals surface area (Å²) in [6, 6.07) is 9.49. The van der Waals surface area contributed by atoms with Gasteiger partial charge < -0.3 is 5.32 Å². The molecule has 0 radical (unpaired) electrons. The fourth-order valence-corrected chi connectivity index (χ4v) is 1.47. The highest BCUT2D eigenvalue weighted by molar-refractivity contribution is 7.09. The zero-order valence-corrected chi connectivity index (χ0v) is 9.07. The second-order valence-electron chi connectivity index (χ2n) is 2.94. The van der Waals surface area contributed by atoms with E-state index in [1.54, 1.807) is 0 Å². The molecule has 0 bridgehead atoms. The predicted octanol–water partition coefficient (Wildman–Crippen LogP) is 0.984. The zero-order chi connectivity index (χ0) is 11.2. The van der Waals surface area contributed by atoms with Crippen molar-refractivity contribution in [3.63, 3.8) is 0 Å². The number of hydrogen-bond acceptors (Lipinski definition) is 6. The molecule has 6 nitrogen and oxygen atoms in total. The lowest BCUT2D eigenvalue weighted by Crippen LogP contribution is -2.21. The van der Waals surface area contributed by atoms with E-state index >= 15 is 0 Å². The minimum Gasteiger partial charge on any atom is -0.376 e. The molecule has 0 unspecified atom stereocenters. The highest BCUT2D eigenvalue weighted by Crippen LogP contribution is 2.06. The first kappa shape index (κ1) is 10.5. The van der Waals surface area contributed by atoms with Crippen molar-refractivity contribution in [3.8, 4) is 0 Å². The molecule has 1 heterocycles. The number of anilines is 2. The number of para-hydroxylation sites is 1. The molecule has 0 atom stereocenters. The molecule has 2 N–H and O–H groups in total. The van der Waals surface area contributed by atoms with E-state index in [0.29, 0.717) is 5.13 Å². The van der Waals surface area contributed by atoms with Crippen molar-refractivity contribution in [2.24, 2.45) is 0 Å². The van der Waals surface area contributed by atoms with Gasteiger partial charge >= 0.3 is 0 Å². The van der Waals surface area contributed by atoms with E-state index < -0.39 is 0 Å². The van der Waals surface area contributed by atoms with Crippen LogP contribution in [-0.4, -0.2) is 27.3 Å². The fourth-order valence-electron chi connectivity index (χ4n) is 1.08. The van der Waals surface area contributed by atoms with Gasteiger partial charge in [0.15, 0.2) is 0 Å². The smallest absolute Gasteiger partial charge is 0.245 e. The molecule has 0 spiro atoms. The number of carbonyl (C=O) groups is 1. The Morgan fingerprint density at radius 2 is 2.12 bits per heavy atom. The van der Waals surface area contributed by atoms with Crippen LogP contribution < -0.4 is 10.6 Å². The second kappa shape index (κ2) is 5.17. The summed E-state index contributed by atoms with van der Waals surface area (Å²) in [5.41, 5.74) is 0.896. The Hall–Kier alpha value is -2.02. The average Bonchev–Trinajstić information content (AvgIpc) is 2.81. The molecule has 0 saturated carbocycles. The third-order valence-electron chi connectivity index (χ3n) is 1.77. The van der Waals surface area contributed by atoms with E-state index in [-0.39, 0.29) is 12.5 Å². The van der Waals surface area contributed by atoms with Crippen molar-refractivity contribution >= 4 is 28.3 Å². The molecular weight excluding hydrogens is 226 g/mol. The number of hydrogen-bond donors (Lipinski definition) is 2. The first-order chi connectivity index (χ1) is 7.84. The van der Waals surface area contributed by atoms with Gasteiger partial charge in [-0.2, -0.15) is 0 Å². The maximum Gasteiger partial charge on any atom is 0.245 e. The van der Waals surface area contributed by atoms with Crippen molar-refractivity contribution in [1.82, 2.24) is 14.8 Å². The van der Waals surface area contributed by atoms with Crippen LogP contribution in [0.4, 0.5) is 10.8 Å². The van der Waals surface area contributed by atoms with Crippen LogP contribution in [0.1, 0.15) is 0 Å². The van der Waals surface area contributed by atoms with E-state index in [2.05, 4.69) is 25.4 Å². The van der Waals surface area contributed by atoms with E-state index in [4.69, 9.17) is 0 Å². The van der Waals surface area contributed by atoms with E-state index in [1.807, 2.05) is 30.3 Å². The molecule has 0 saturated heterocycles. The lowest BCUT2D eigenvalue weighted by molar-refractivity contribution is -0.114. The molecule has 1 amide bonds. The van der Waals surface area contributed by atoms with E-state index in [9.17, 15) is 4.79 Å². The number of benzene rings is 1. The van der Waals surface area contributed by atoms with Gasteiger partial charge in [0.2, 0.25) is 11.0 Å². The Bertz CT molecular complexity index is 444. The molecule has 1 aromatic heterocycles. The number of nitrogens with one attached hydrogen (secondary N) is 2. The summed E-state index contributed by atoms with van der Waals surface area (Å²) in [5, 5.41) is 12.9. The first-order valence-corrected chi connectivity index (χ1v) is 5.36. The van der Waals surface area contributed by atoms with Crippen LogP contribution in [0, 0.1) is 0 Å². The summed E-state index contributed by atoms with van der Waals surface area (Å²) in [5.74, 6) is -0.178. The molecule has 0 aliphatic heterocycles. The van der Waals surface area contributed by atoms with Crippen LogP contribution >= 0.6 is 11.5 Å². The number of rotatable bonds is 4. The quantitative estimate of drug-likeness (QED) is 0.825. The van der Waals surface area contributed by atoms with Gasteiger partial charge in [-0.15, -0.1) is 0 Å². The maximum absolute atomic E-state index is 11.4. The summed E-state index contributed by atoms with van der Waals surface area (Å²) in [7, 11) is 0. The maximum atomic E-state index is 11.4. The van der Waals surface area contributed by atoms with Crippen LogP contribution in [-0.2, 0) is 4.79 Å². The predicted molar refractivity (Wildman–Crippen MR) is 61.3 cm³/mol. The monoisotopic (exact) mass is 235 g/mol. The van der Waals surface area contributed by atoms with E-state index in [1.165, 1.54) is 0 Å². The minimum atomic E-state index is -0.178. The highest BCUT2D eigenvalue weighted by atomic mass is 32.1. The molecule has 2 rings (SSSR count). The molecule has 2 aromatic rings. The van der Waals surface area contributed by atoms with Crippen molar-refractivity contribution in [1.29, 1.82) is 0 Å². The van der Waals surface area contributed by atoms with Crippen LogP contribution in [0.3, 0.4) is 0 Å². The topological polar surface area (TPSA) is 79.8 Å². The Labute approximate surface area is 95.9 Å². The van der Waals surface area contributed by atoms with E-state index in [0.717, 1.165) is 17.2 Å². The van der Waals surface area contributed by atoms with Crippen molar-refractivity contribution in [2.45, 2.75) is 0 Å². The van der Waals surface area contributed by atoms with Crippen LogP contribution in [0.15, 0.2) is 30.3 Å². The molecule has 0 fully saturated rings. The second-order valence-corrected chi connectivity index (χ2v) is 3.67.